The highest BCUT2D eigenvalue weighted by Crippen LogP contribution is 2.29. The van der Waals surface area contributed by atoms with Crippen LogP contribution in [0, 0.1) is 6.92 Å². The van der Waals surface area contributed by atoms with Gasteiger partial charge in [0.15, 0.2) is 17.5 Å². The van der Waals surface area contributed by atoms with Gasteiger partial charge in [-0.3, -0.25) is 0 Å². The van der Waals surface area contributed by atoms with Crippen molar-refractivity contribution in [3.8, 4) is 0 Å². The molecule has 0 saturated carbocycles. The second-order valence-corrected chi connectivity index (χ2v) is 6.91. The summed E-state index contributed by atoms with van der Waals surface area (Å²) in [5.74, 6) is 2.13. The smallest absolute Gasteiger partial charge is 0.356 e. The summed E-state index contributed by atoms with van der Waals surface area (Å²) in [7, 11) is 1.87. The van der Waals surface area contributed by atoms with Crippen LogP contribution in [0.1, 0.15) is 42.1 Å². The van der Waals surface area contributed by atoms with Gasteiger partial charge in [-0.2, -0.15) is 13.2 Å². The van der Waals surface area contributed by atoms with Crippen LogP contribution in [0.5, 0.6) is 0 Å². The number of hydrogen-bond acceptors (Lipinski definition) is 5. The van der Waals surface area contributed by atoms with Gasteiger partial charge in [-0.1, -0.05) is 13.3 Å². The highest BCUT2D eigenvalue weighted by Gasteiger charge is 2.33. The molecule has 2 rings (SSSR count). The average Bonchev–Trinajstić information content (AvgIpc) is 3.21. The molecule has 0 amide bonds. The number of thiazole rings is 1. The first-order chi connectivity index (χ1) is 12.8. The van der Waals surface area contributed by atoms with E-state index in [4.69, 9.17) is 0 Å². The maximum Gasteiger partial charge on any atom is 0.434 e. The maximum absolute atomic E-state index is 12.6. The molecule has 0 fully saturated rings. The quantitative estimate of drug-likeness (QED) is 0.237. The Morgan fingerprint density at radius 2 is 1.96 bits per heavy atom. The standard InChI is InChI=1S/C16H24F3N7S.HI/c1-4-5-7-20-15(22-9-13-25-24-11(2)26(13)3)21-8-6-14-23-12(10-27-14)16(17,18)19;/h10H,4-9H2,1-3H3,(H2,20,21,22);1H. The van der Waals surface area contributed by atoms with Gasteiger partial charge in [0.25, 0.3) is 0 Å². The highest BCUT2D eigenvalue weighted by atomic mass is 127. The second kappa shape index (κ2) is 11.5. The number of hydrogen-bond donors (Lipinski definition) is 2. The minimum atomic E-state index is -4.40. The van der Waals surface area contributed by atoms with Gasteiger partial charge in [-0.15, -0.1) is 45.5 Å². The van der Waals surface area contributed by atoms with Crippen LogP contribution in [-0.2, 0) is 26.2 Å². The number of alkyl halides is 3. The summed E-state index contributed by atoms with van der Waals surface area (Å²) < 4.78 is 39.7. The van der Waals surface area contributed by atoms with E-state index in [0.717, 1.165) is 47.8 Å². The van der Waals surface area contributed by atoms with Crippen LogP contribution in [0.25, 0.3) is 0 Å². The molecule has 0 unspecified atom stereocenters. The van der Waals surface area contributed by atoms with Gasteiger partial charge in [-0.05, 0) is 13.3 Å². The van der Waals surface area contributed by atoms with Crippen LogP contribution in [0.4, 0.5) is 13.2 Å². The maximum atomic E-state index is 12.6. The fourth-order valence-corrected chi connectivity index (χ4v) is 2.95. The molecule has 0 atom stereocenters. The number of aromatic nitrogens is 4. The molecule has 0 bridgehead atoms. The minimum absolute atomic E-state index is 0. The Labute approximate surface area is 183 Å². The molecule has 2 N–H and O–H groups in total. The molecular weight excluding hydrogens is 506 g/mol. The Hall–Kier alpha value is -1.44. The number of unbranched alkanes of at least 4 members (excludes halogenated alkanes) is 1. The lowest BCUT2D eigenvalue weighted by Gasteiger charge is -2.12. The lowest BCUT2D eigenvalue weighted by molar-refractivity contribution is -0.140. The third-order valence-corrected chi connectivity index (χ3v) is 4.77. The number of nitrogens with zero attached hydrogens (tertiary/aromatic N) is 5. The summed E-state index contributed by atoms with van der Waals surface area (Å²) in [4.78, 5) is 8.12. The van der Waals surface area contributed by atoms with Gasteiger partial charge in [0.2, 0.25) is 0 Å². The van der Waals surface area contributed by atoms with E-state index in [9.17, 15) is 13.2 Å². The molecule has 0 aliphatic heterocycles. The second-order valence-electron chi connectivity index (χ2n) is 5.97. The summed E-state index contributed by atoms with van der Waals surface area (Å²) in [6, 6.07) is 0. The average molecular weight is 531 g/mol. The number of rotatable bonds is 8. The highest BCUT2D eigenvalue weighted by molar-refractivity contribution is 14.0. The van der Waals surface area contributed by atoms with E-state index in [1.807, 2.05) is 18.5 Å². The number of guanidine groups is 1. The van der Waals surface area contributed by atoms with Crippen molar-refractivity contribution in [3.05, 3.63) is 27.7 Å². The predicted molar refractivity (Wildman–Crippen MR) is 114 cm³/mol. The van der Waals surface area contributed by atoms with E-state index in [2.05, 4.69) is 37.7 Å². The fourth-order valence-electron chi connectivity index (χ4n) is 2.14. The van der Waals surface area contributed by atoms with E-state index >= 15 is 0 Å². The Morgan fingerprint density at radius 3 is 2.54 bits per heavy atom. The first kappa shape index (κ1) is 24.6. The van der Waals surface area contributed by atoms with Crippen LogP contribution in [-0.4, -0.2) is 38.8 Å². The molecule has 158 valence electrons. The summed E-state index contributed by atoms with van der Waals surface area (Å²) in [6.07, 6.45) is -1.98. The summed E-state index contributed by atoms with van der Waals surface area (Å²) in [6.45, 7) is 5.50. The predicted octanol–water partition coefficient (Wildman–Crippen LogP) is 3.29. The third kappa shape index (κ3) is 7.53. The largest absolute Gasteiger partial charge is 0.434 e. The molecule has 2 aromatic rings. The Bertz CT molecular complexity index is 758. The zero-order valence-corrected chi connectivity index (χ0v) is 19.2. The van der Waals surface area contributed by atoms with Gasteiger partial charge >= 0.3 is 6.18 Å². The molecule has 7 nitrogen and oxygen atoms in total. The molecule has 0 radical (unpaired) electrons. The van der Waals surface area contributed by atoms with Crippen molar-refractivity contribution in [1.29, 1.82) is 0 Å². The summed E-state index contributed by atoms with van der Waals surface area (Å²) >= 11 is 1.01. The first-order valence-corrected chi connectivity index (χ1v) is 9.58. The third-order valence-electron chi connectivity index (χ3n) is 3.86. The van der Waals surface area contributed by atoms with Crippen LogP contribution in [0.3, 0.4) is 0 Å². The van der Waals surface area contributed by atoms with E-state index < -0.39 is 11.9 Å². The van der Waals surface area contributed by atoms with Gasteiger partial charge in [0.1, 0.15) is 12.4 Å². The van der Waals surface area contributed by atoms with E-state index in [-0.39, 0.29) is 24.0 Å². The number of aryl methyl sites for hydroxylation is 1. The molecule has 12 heteroatoms. The van der Waals surface area contributed by atoms with Gasteiger partial charge in [0.05, 0.1) is 5.01 Å². The van der Waals surface area contributed by atoms with E-state index in [0.29, 0.717) is 30.5 Å². The van der Waals surface area contributed by atoms with Crippen molar-refractivity contribution in [2.24, 2.45) is 12.0 Å². The minimum Gasteiger partial charge on any atom is -0.356 e. The molecule has 0 aliphatic carbocycles. The van der Waals surface area contributed by atoms with Crippen molar-refractivity contribution in [3.63, 3.8) is 0 Å². The first-order valence-electron chi connectivity index (χ1n) is 8.70. The van der Waals surface area contributed by atoms with Crippen molar-refractivity contribution < 1.29 is 13.2 Å². The summed E-state index contributed by atoms with van der Waals surface area (Å²) in [5, 5.41) is 15.9. The normalized spacial score (nSPS) is 12.0. The van der Waals surface area contributed by atoms with E-state index in [1.54, 1.807) is 0 Å². The Kier molecular flexibility index (Phi) is 10.1. The molecular formula is C16H25F3IN7S. The molecule has 0 saturated heterocycles. The van der Waals surface area contributed by atoms with Crippen LogP contribution < -0.4 is 10.6 Å². The van der Waals surface area contributed by atoms with Crippen LogP contribution >= 0.6 is 35.3 Å². The number of nitrogens with one attached hydrogen (secondary N) is 2. The molecule has 0 aliphatic rings. The number of halogens is 4. The topological polar surface area (TPSA) is 80.0 Å². The van der Waals surface area contributed by atoms with Crippen molar-refractivity contribution in [2.75, 3.05) is 13.1 Å². The van der Waals surface area contributed by atoms with Crippen molar-refractivity contribution in [1.82, 2.24) is 30.4 Å². The van der Waals surface area contributed by atoms with Crippen molar-refractivity contribution >= 4 is 41.3 Å². The van der Waals surface area contributed by atoms with Crippen LogP contribution in [0.2, 0.25) is 0 Å². The molecule has 2 aromatic heterocycles. The number of aliphatic imine (C=N–C) groups is 1. The van der Waals surface area contributed by atoms with Gasteiger partial charge in [-0.25, -0.2) is 9.98 Å². The zero-order chi connectivity index (χ0) is 19.9. The molecule has 0 aromatic carbocycles. The Morgan fingerprint density at radius 1 is 1.25 bits per heavy atom. The lowest BCUT2D eigenvalue weighted by Crippen LogP contribution is -2.39. The molecule has 28 heavy (non-hydrogen) atoms. The monoisotopic (exact) mass is 531 g/mol. The summed E-state index contributed by atoms with van der Waals surface area (Å²) in [5.41, 5.74) is -0.838. The zero-order valence-electron chi connectivity index (χ0n) is 16.0. The van der Waals surface area contributed by atoms with Crippen LogP contribution in [0.15, 0.2) is 10.4 Å². The lowest BCUT2D eigenvalue weighted by atomic mass is 10.3. The molecule has 2 heterocycles. The molecule has 0 spiro atoms. The van der Waals surface area contributed by atoms with E-state index in [1.165, 1.54) is 0 Å². The SMILES string of the molecule is CCCCNC(=NCc1nnc(C)n1C)NCCc1nc(C(F)(F)F)cs1.I. The Balaban J connectivity index is 0.00000392. The fraction of sp³-hybridized carbons (Fsp3) is 0.625. The van der Waals surface area contributed by atoms with Gasteiger partial charge in [0, 0.05) is 31.9 Å². The van der Waals surface area contributed by atoms with Gasteiger partial charge < -0.3 is 15.2 Å². The van der Waals surface area contributed by atoms with Crippen molar-refractivity contribution in [2.45, 2.75) is 45.8 Å².